The number of hydrogen-bond donors (Lipinski definition) is 3. The molecule has 0 aliphatic heterocycles. The smallest absolute Gasteiger partial charge is 0.325 e. The second-order valence-corrected chi connectivity index (χ2v) is 3.36. The van der Waals surface area contributed by atoms with Crippen LogP contribution in [0.3, 0.4) is 0 Å². The third-order valence-corrected chi connectivity index (χ3v) is 2.04. The second kappa shape index (κ2) is 7.05. The number of urea groups is 1. The van der Waals surface area contributed by atoms with Gasteiger partial charge in [0.1, 0.15) is 6.04 Å². The third-order valence-electron chi connectivity index (χ3n) is 2.04. The summed E-state index contributed by atoms with van der Waals surface area (Å²) in [6.45, 7) is 5.59. The monoisotopic (exact) mass is 217 g/mol. The number of amides is 2. The van der Waals surface area contributed by atoms with Crippen LogP contribution < -0.4 is 10.6 Å². The number of rotatable bonds is 6. The molecule has 0 saturated carbocycles. The molecule has 0 bridgehead atoms. The van der Waals surface area contributed by atoms with Gasteiger partial charge < -0.3 is 20.6 Å². The Morgan fingerprint density at radius 3 is 2.53 bits per heavy atom. The maximum atomic E-state index is 11.1. The first-order valence-electron chi connectivity index (χ1n) is 4.93. The highest BCUT2D eigenvalue weighted by atomic mass is 16.4. The molecule has 0 aromatic rings. The highest BCUT2D eigenvalue weighted by Gasteiger charge is 2.12. The average Bonchev–Trinajstić information content (AvgIpc) is 2.17. The van der Waals surface area contributed by atoms with Crippen molar-refractivity contribution in [3.8, 4) is 0 Å². The zero-order valence-electron chi connectivity index (χ0n) is 9.41. The largest absolute Gasteiger partial charge is 0.480 e. The van der Waals surface area contributed by atoms with Gasteiger partial charge in [0.05, 0.1) is 0 Å². The first-order valence-corrected chi connectivity index (χ1v) is 4.93. The standard InChI is InChI=1S/C9H19N3O3/c1-4-12(3)6-5-10-9(15)11-7(2)8(13)14/h7H,4-6H2,1-3H3,(H,13,14)(H2,10,11,15)/t7-/m0/s1. The highest BCUT2D eigenvalue weighted by molar-refractivity contribution is 5.82. The molecule has 88 valence electrons. The first kappa shape index (κ1) is 13.7. The normalized spacial score (nSPS) is 12.3. The first-order chi connectivity index (χ1) is 6.97. The zero-order chi connectivity index (χ0) is 11.8. The van der Waals surface area contributed by atoms with Crippen LogP contribution in [-0.4, -0.2) is 54.7 Å². The molecule has 0 rings (SSSR count). The Morgan fingerprint density at radius 2 is 2.07 bits per heavy atom. The molecule has 0 unspecified atom stereocenters. The Labute approximate surface area is 89.6 Å². The van der Waals surface area contributed by atoms with Crippen LogP contribution in [0.5, 0.6) is 0 Å². The minimum Gasteiger partial charge on any atom is -0.480 e. The quantitative estimate of drug-likeness (QED) is 0.571. The molecule has 0 spiro atoms. The summed E-state index contributed by atoms with van der Waals surface area (Å²) in [5.41, 5.74) is 0. The molecule has 0 aliphatic carbocycles. The molecule has 6 nitrogen and oxygen atoms in total. The van der Waals surface area contributed by atoms with Gasteiger partial charge in [0.25, 0.3) is 0 Å². The molecule has 6 heteroatoms. The lowest BCUT2D eigenvalue weighted by molar-refractivity contribution is -0.138. The number of nitrogens with zero attached hydrogens (tertiary/aromatic N) is 1. The van der Waals surface area contributed by atoms with Crippen LogP contribution in [0.4, 0.5) is 4.79 Å². The average molecular weight is 217 g/mol. The number of carboxylic acid groups (broad SMARTS) is 1. The van der Waals surface area contributed by atoms with Crippen molar-refractivity contribution in [1.29, 1.82) is 0 Å². The summed E-state index contributed by atoms with van der Waals surface area (Å²) in [6, 6.07) is -1.32. The van der Waals surface area contributed by atoms with E-state index in [1.165, 1.54) is 6.92 Å². The number of nitrogens with one attached hydrogen (secondary N) is 2. The van der Waals surface area contributed by atoms with Crippen molar-refractivity contribution < 1.29 is 14.7 Å². The van der Waals surface area contributed by atoms with Crippen LogP contribution in [0.15, 0.2) is 0 Å². The predicted octanol–water partition coefficient (Wildman–Crippen LogP) is -0.290. The topological polar surface area (TPSA) is 81.7 Å². The van der Waals surface area contributed by atoms with E-state index in [0.717, 1.165) is 13.1 Å². The van der Waals surface area contributed by atoms with Gasteiger partial charge in [-0.3, -0.25) is 4.79 Å². The summed E-state index contributed by atoms with van der Waals surface area (Å²) in [5, 5.41) is 13.4. The minimum atomic E-state index is -1.05. The maximum absolute atomic E-state index is 11.1. The summed E-state index contributed by atoms with van der Waals surface area (Å²) in [6.07, 6.45) is 0. The molecule has 0 fully saturated rings. The molecule has 15 heavy (non-hydrogen) atoms. The van der Waals surface area contributed by atoms with E-state index in [1.54, 1.807) is 0 Å². The number of hydrogen-bond acceptors (Lipinski definition) is 3. The van der Waals surface area contributed by atoms with E-state index in [4.69, 9.17) is 5.11 Å². The fraction of sp³-hybridized carbons (Fsp3) is 0.778. The molecule has 1 atom stereocenters. The summed E-state index contributed by atoms with van der Waals surface area (Å²) in [5.74, 6) is -1.05. The Hall–Kier alpha value is -1.30. The van der Waals surface area contributed by atoms with Crippen molar-refractivity contribution in [2.45, 2.75) is 19.9 Å². The molecule has 0 heterocycles. The molecule has 0 aromatic heterocycles. The van der Waals surface area contributed by atoms with E-state index in [2.05, 4.69) is 10.6 Å². The molecule has 3 N–H and O–H groups in total. The molecule has 0 aliphatic rings. The van der Waals surface area contributed by atoms with Crippen LogP contribution in [0.25, 0.3) is 0 Å². The Morgan fingerprint density at radius 1 is 1.47 bits per heavy atom. The van der Waals surface area contributed by atoms with Gasteiger partial charge in [0.2, 0.25) is 0 Å². The fourth-order valence-electron chi connectivity index (χ4n) is 0.828. The van der Waals surface area contributed by atoms with Gasteiger partial charge in [-0.2, -0.15) is 0 Å². The van der Waals surface area contributed by atoms with Crippen LogP contribution in [0.1, 0.15) is 13.8 Å². The summed E-state index contributed by atoms with van der Waals surface area (Å²) in [7, 11) is 1.94. The van der Waals surface area contributed by atoms with Crippen LogP contribution in [0.2, 0.25) is 0 Å². The lowest BCUT2D eigenvalue weighted by atomic mass is 10.3. The summed E-state index contributed by atoms with van der Waals surface area (Å²) >= 11 is 0. The lowest BCUT2D eigenvalue weighted by Gasteiger charge is -2.15. The van der Waals surface area contributed by atoms with E-state index in [0.29, 0.717) is 6.54 Å². The fourth-order valence-corrected chi connectivity index (χ4v) is 0.828. The maximum Gasteiger partial charge on any atom is 0.325 e. The number of carbonyl (C=O) groups is 2. The Balaban J connectivity index is 3.62. The van der Waals surface area contributed by atoms with Crippen molar-refractivity contribution in [3.05, 3.63) is 0 Å². The van der Waals surface area contributed by atoms with E-state index < -0.39 is 18.0 Å². The van der Waals surface area contributed by atoms with Crippen LogP contribution >= 0.6 is 0 Å². The van der Waals surface area contributed by atoms with Crippen LogP contribution in [0, 0.1) is 0 Å². The van der Waals surface area contributed by atoms with Crippen molar-refractivity contribution in [2.24, 2.45) is 0 Å². The van der Waals surface area contributed by atoms with Gasteiger partial charge in [-0.05, 0) is 20.5 Å². The highest BCUT2D eigenvalue weighted by Crippen LogP contribution is 1.81. The lowest BCUT2D eigenvalue weighted by Crippen LogP contribution is -2.46. The Kier molecular flexibility index (Phi) is 6.44. The van der Waals surface area contributed by atoms with E-state index >= 15 is 0 Å². The van der Waals surface area contributed by atoms with Gasteiger partial charge >= 0.3 is 12.0 Å². The molecule has 0 aromatic carbocycles. The number of aliphatic carboxylic acids is 1. The van der Waals surface area contributed by atoms with Gasteiger partial charge in [-0.25, -0.2) is 4.79 Å². The summed E-state index contributed by atoms with van der Waals surface area (Å²) < 4.78 is 0. The van der Waals surface area contributed by atoms with Gasteiger partial charge in [-0.15, -0.1) is 0 Å². The van der Waals surface area contributed by atoms with Crippen LogP contribution in [-0.2, 0) is 4.79 Å². The van der Waals surface area contributed by atoms with Crippen molar-refractivity contribution >= 4 is 12.0 Å². The van der Waals surface area contributed by atoms with Gasteiger partial charge in [0, 0.05) is 13.1 Å². The van der Waals surface area contributed by atoms with E-state index in [-0.39, 0.29) is 0 Å². The van der Waals surface area contributed by atoms with Gasteiger partial charge in [-0.1, -0.05) is 6.92 Å². The molecule has 0 radical (unpaired) electrons. The number of likely N-dealkylation sites (N-methyl/N-ethyl adjacent to an activating group) is 1. The number of carbonyl (C=O) groups excluding carboxylic acids is 1. The zero-order valence-corrected chi connectivity index (χ0v) is 9.41. The Bertz CT molecular complexity index is 221. The van der Waals surface area contributed by atoms with Gasteiger partial charge in [0.15, 0.2) is 0 Å². The summed E-state index contributed by atoms with van der Waals surface area (Å²) in [4.78, 5) is 23.6. The molecule has 2 amide bonds. The van der Waals surface area contributed by atoms with Crippen molar-refractivity contribution in [3.63, 3.8) is 0 Å². The van der Waals surface area contributed by atoms with Crippen molar-refractivity contribution in [1.82, 2.24) is 15.5 Å². The van der Waals surface area contributed by atoms with Crippen molar-refractivity contribution in [2.75, 3.05) is 26.7 Å². The molecule has 0 saturated heterocycles. The minimum absolute atomic E-state index is 0.450. The molecular formula is C9H19N3O3. The third kappa shape index (κ3) is 6.73. The predicted molar refractivity (Wildman–Crippen MR) is 56.8 cm³/mol. The second-order valence-electron chi connectivity index (χ2n) is 3.36. The SMILES string of the molecule is CCN(C)CCNC(=O)N[C@@H](C)C(=O)O. The van der Waals surface area contributed by atoms with E-state index in [1.807, 2.05) is 18.9 Å². The number of carboxylic acids is 1. The molecular weight excluding hydrogens is 198 g/mol. The van der Waals surface area contributed by atoms with E-state index in [9.17, 15) is 9.59 Å².